The monoisotopic (exact) mass is 509 g/mol. The van der Waals surface area contributed by atoms with Crippen molar-refractivity contribution < 1.29 is 0 Å². The van der Waals surface area contributed by atoms with Gasteiger partial charge in [0.15, 0.2) is 5.82 Å². The number of aromatic nitrogens is 5. The molecule has 5 rings (SSSR count). The minimum absolute atomic E-state index is 0.453. The molecule has 7 nitrogen and oxygen atoms in total. The van der Waals surface area contributed by atoms with Crippen molar-refractivity contribution in [1.82, 2.24) is 25.6 Å². The lowest BCUT2D eigenvalue weighted by Gasteiger charge is -2.27. The number of tetrazole rings is 1. The molecule has 0 aliphatic rings. The number of hydrogen-bond acceptors (Lipinski definition) is 6. The van der Waals surface area contributed by atoms with E-state index in [0.717, 1.165) is 47.1 Å². The largest absolute Gasteiger partial charge is 0.355 e. The van der Waals surface area contributed by atoms with Gasteiger partial charge in [-0.05, 0) is 52.2 Å². The molecular weight excluding hydrogens is 482 g/mol. The van der Waals surface area contributed by atoms with Gasteiger partial charge in [0.2, 0.25) is 0 Å². The SMILES string of the molecule is CC(C)CN(Cc1ccccc1)c1cc(Nc2ccc(Cl)cc2)cc(-c2ccccc2-c2nnn[nH]2)n1. The lowest BCUT2D eigenvalue weighted by Crippen LogP contribution is -2.28. The minimum Gasteiger partial charge on any atom is -0.355 e. The van der Waals surface area contributed by atoms with E-state index in [2.05, 4.69) is 81.1 Å². The summed E-state index contributed by atoms with van der Waals surface area (Å²) >= 11 is 6.11. The molecule has 0 fully saturated rings. The molecule has 5 aromatic rings. The molecule has 0 spiro atoms. The second-order valence-electron chi connectivity index (χ2n) is 9.29. The quantitative estimate of drug-likeness (QED) is 0.223. The molecule has 3 aromatic carbocycles. The Bertz CT molecular complexity index is 1440. The summed E-state index contributed by atoms with van der Waals surface area (Å²) in [5, 5.41) is 18.8. The van der Waals surface area contributed by atoms with Crippen LogP contribution in [0, 0.1) is 5.92 Å². The third kappa shape index (κ3) is 6.13. The van der Waals surface area contributed by atoms with Crippen LogP contribution in [0.25, 0.3) is 22.6 Å². The topological polar surface area (TPSA) is 82.6 Å². The Morgan fingerprint density at radius 1 is 0.865 bits per heavy atom. The second kappa shape index (κ2) is 11.2. The van der Waals surface area contributed by atoms with Gasteiger partial charge in [-0.2, -0.15) is 0 Å². The summed E-state index contributed by atoms with van der Waals surface area (Å²) in [6.07, 6.45) is 0. The van der Waals surface area contributed by atoms with Crippen LogP contribution in [-0.2, 0) is 6.54 Å². The van der Waals surface area contributed by atoms with Crippen molar-refractivity contribution in [2.75, 3.05) is 16.8 Å². The van der Waals surface area contributed by atoms with E-state index in [-0.39, 0.29) is 0 Å². The number of H-pyrrole nitrogens is 1. The Morgan fingerprint density at radius 2 is 1.59 bits per heavy atom. The molecule has 0 saturated heterocycles. The zero-order valence-corrected chi connectivity index (χ0v) is 21.5. The van der Waals surface area contributed by atoms with Gasteiger partial charge >= 0.3 is 0 Å². The van der Waals surface area contributed by atoms with Crippen molar-refractivity contribution in [2.24, 2.45) is 5.92 Å². The highest BCUT2D eigenvalue weighted by molar-refractivity contribution is 6.30. The van der Waals surface area contributed by atoms with Gasteiger partial charge in [-0.3, -0.25) is 0 Å². The maximum Gasteiger partial charge on any atom is 0.180 e. The van der Waals surface area contributed by atoms with Crippen LogP contribution < -0.4 is 10.2 Å². The smallest absolute Gasteiger partial charge is 0.180 e. The van der Waals surface area contributed by atoms with Gasteiger partial charge in [0.1, 0.15) is 5.82 Å². The molecule has 0 aliphatic heterocycles. The minimum atomic E-state index is 0.453. The first kappa shape index (κ1) is 24.5. The van der Waals surface area contributed by atoms with Crippen LogP contribution in [0.5, 0.6) is 0 Å². The van der Waals surface area contributed by atoms with Gasteiger partial charge in [-0.25, -0.2) is 10.1 Å². The highest BCUT2D eigenvalue weighted by atomic mass is 35.5. The van der Waals surface area contributed by atoms with Crippen LogP contribution >= 0.6 is 11.6 Å². The van der Waals surface area contributed by atoms with E-state index in [9.17, 15) is 0 Å². The summed E-state index contributed by atoms with van der Waals surface area (Å²) in [7, 11) is 0. The second-order valence-corrected chi connectivity index (χ2v) is 9.72. The van der Waals surface area contributed by atoms with E-state index in [4.69, 9.17) is 16.6 Å². The van der Waals surface area contributed by atoms with Gasteiger partial charge in [0, 0.05) is 46.7 Å². The van der Waals surface area contributed by atoms with E-state index >= 15 is 0 Å². The predicted molar refractivity (Wildman–Crippen MR) is 150 cm³/mol. The van der Waals surface area contributed by atoms with Crippen LogP contribution in [0.1, 0.15) is 19.4 Å². The maximum absolute atomic E-state index is 6.11. The first-order chi connectivity index (χ1) is 18.0. The third-order valence-corrected chi connectivity index (χ3v) is 6.13. The van der Waals surface area contributed by atoms with Gasteiger partial charge in [0.05, 0.1) is 5.69 Å². The van der Waals surface area contributed by atoms with E-state index in [1.165, 1.54) is 5.56 Å². The summed E-state index contributed by atoms with van der Waals surface area (Å²) in [4.78, 5) is 7.49. The molecule has 2 N–H and O–H groups in total. The Hall–Kier alpha value is -4.23. The van der Waals surface area contributed by atoms with Crippen LogP contribution in [0.15, 0.2) is 91.0 Å². The van der Waals surface area contributed by atoms with Crippen molar-refractivity contribution in [3.8, 4) is 22.6 Å². The molecule has 0 aliphatic carbocycles. The lowest BCUT2D eigenvalue weighted by molar-refractivity contribution is 0.605. The van der Waals surface area contributed by atoms with Gasteiger partial charge in [-0.15, -0.1) is 5.10 Å². The Morgan fingerprint density at radius 3 is 2.30 bits per heavy atom. The molecule has 8 heteroatoms. The van der Waals surface area contributed by atoms with Gasteiger partial charge in [-0.1, -0.05) is 80.0 Å². The number of nitrogens with zero attached hydrogens (tertiary/aromatic N) is 5. The van der Waals surface area contributed by atoms with Crippen LogP contribution in [0.2, 0.25) is 5.02 Å². The van der Waals surface area contributed by atoms with Crippen molar-refractivity contribution in [3.63, 3.8) is 0 Å². The standard InChI is InChI=1S/C29H28ClN7/c1-20(2)18-37(19-21-8-4-3-5-9-21)28-17-24(31-23-14-12-22(30)13-15-23)16-27(32-28)25-10-6-7-11-26(25)29-33-35-36-34-29/h3-17,20H,18-19H2,1-2H3,(H,31,32)(H,33,34,35,36). The summed E-state index contributed by atoms with van der Waals surface area (Å²) in [6, 6.07) is 30.3. The number of benzene rings is 3. The molecule has 37 heavy (non-hydrogen) atoms. The number of pyridine rings is 1. The van der Waals surface area contributed by atoms with Crippen molar-refractivity contribution in [1.29, 1.82) is 0 Å². The zero-order chi connectivity index (χ0) is 25.6. The molecule has 0 atom stereocenters. The molecule has 0 unspecified atom stereocenters. The lowest BCUT2D eigenvalue weighted by atomic mass is 10.0. The number of hydrogen-bond donors (Lipinski definition) is 2. The Kier molecular flexibility index (Phi) is 7.42. The summed E-state index contributed by atoms with van der Waals surface area (Å²) in [5.74, 6) is 1.93. The molecule has 0 amide bonds. The number of anilines is 3. The fraction of sp³-hybridized carbons (Fsp3) is 0.172. The van der Waals surface area contributed by atoms with Crippen LogP contribution in [0.4, 0.5) is 17.2 Å². The van der Waals surface area contributed by atoms with Crippen molar-refractivity contribution in [2.45, 2.75) is 20.4 Å². The van der Waals surface area contributed by atoms with E-state index in [1.54, 1.807) is 0 Å². The number of aromatic amines is 1. The average Bonchev–Trinajstić information content (AvgIpc) is 3.45. The number of nitrogens with one attached hydrogen (secondary N) is 2. The van der Waals surface area contributed by atoms with Gasteiger partial charge in [0.25, 0.3) is 0 Å². The first-order valence-corrected chi connectivity index (χ1v) is 12.6. The normalized spacial score (nSPS) is 11.0. The van der Waals surface area contributed by atoms with Crippen molar-refractivity contribution in [3.05, 3.63) is 102 Å². The summed E-state index contributed by atoms with van der Waals surface area (Å²) in [6.45, 7) is 6.06. The summed E-state index contributed by atoms with van der Waals surface area (Å²) in [5.41, 5.74) is 5.74. The zero-order valence-electron chi connectivity index (χ0n) is 20.8. The molecule has 2 aromatic heterocycles. The molecule has 0 bridgehead atoms. The maximum atomic E-state index is 6.11. The number of rotatable bonds is 9. The molecule has 0 radical (unpaired) electrons. The highest BCUT2D eigenvalue weighted by Crippen LogP contribution is 2.33. The van der Waals surface area contributed by atoms with Crippen molar-refractivity contribution >= 4 is 28.8 Å². The van der Waals surface area contributed by atoms with E-state index < -0.39 is 0 Å². The molecule has 186 valence electrons. The van der Waals surface area contributed by atoms with Gasteiger partial charge < -0.3 is 10.2 Å². The van der Waals surface area contributed by atoms with E-state index in [0.29, 0.717) is 16.8 Å². The molecule has 0 saturated carbocycles. The van der Waals surface area contributed by atoms with E-state index in [1.807, 2.05) is 54.6 Å². The molecular formula is C29H28ClN7. The van der Waals surface area contributed by atoms with Crippen LogP contribution in [0.3, 0.4) is 0 Å². The first-order valence-electron chi connectivity index (χ1n) is 12.2. The van der Waals surface area contributed by atoms with Crippen LogP contribution in [-0.4, -0.2) is 32.2 Å². The molecule has 2 heterocycles. The average molecular weight is 510 g/mol. The fourth-order valence-electron chi connectivity index (χ4n) is 4.26. The third-order valence-electron chi connectivity index (χ3n) is 5.87. The Labute approximate surface area is 221 Å². The fourth-order valence-corrected chi connectivity index (χ4v) is 4.38. The number of halogens is 1. The highest BCUT2D eigenvalue weighted by Gasteiger charge is 2.17. The Balaban J connectivity index is 1.61. The predicted octanol–water partition coefficient (Wildman–Crippen LogP) is 6.99. The summed E-state index contributed by atoms with van der Waals surface area (Å²) < 4.78 is 0.